The van der Waals surface area contributed by atoms with Crippen molar-refractivity contribution >= 4 is 0 Å². The van der Waals surface area contributed by atoms with Crippen LogP contribution in [0.25, 0.3) is 0 Å². The summed E-state index contributed by atoms with van der Waals surface area (Å²) in [4.78, 5) is 0. The van der Waals surface area contributed by atoms with Gasteiger partial charge in [0.15, 0.2) is 5.60 Å². The van der Waals surface area contributed by atoms with E-state index in [-0.39, 0.29) is 10.8 Å². The summed E-state index contributed by atoms with van der Waals surface area (Å²) in [7, 11) is 0. The van der Waals surface area contributed by atoms with Gasteiger partial charge in [-0.15, -0.1) is 0 Å². The number of aliphatic hydroxyl groups is 3. The molecule has 4 aliphatic carbocycles. The minimum atomic E-state index is -4.67. The summed E-state index contributed by atoms with van der Waals surface area (Å²) in [6, 6.07) is 0. The highest BCUT2D eigenvalue weighted by molar-refractivity contribution is 5.40. The zero-order valence-corrected chi connectivity index (χ0v) is 19.7. The predicted octanol–water partition coefficient (Wildman–Crippen LogP) is 5.92. The fraction of sp³-hybridized carbons (Fsp3) is 0.704. The Morgan fingerprint density at radius 1 is 1.09 bits per heavy atom. The SMILES string of the molecule is CC(O)(/C=C/CC1(C2=CCC3/C(=C/C=C4/CC(O)C[C@H](O)C4)CCC[C@]23C)CC1)C(F)(F)F. The lowest BCUT2D eigenvalue weighted by molar-refractivity contribution is -0.232. The molecule has 0 radical (unpaired) electrons. The summed E-state index contributed by atoms with van der Waals surface area (Å²) in [5.74, 6) is 0.399. The third-order valence-electron chi connectivity index (χ3n) is 8.57. The van der Waals surface area contributed by atoms with Crippen molar-refractivity contribution in [3.8, 4) is 0 Å². The van der Waals surface area contributed by atoms with E-state index in [4.69, 9.17) is 0 Å². The Morgan fingerprint density at radius 2 is 1.76 bits per heavy atom. The van der Waals surface area contributed by atoms with E-state index in [0.717, 1.165) is 57.1 Å². The first-order chi connectivity index (χ1) is 15.4. The Labute approximate surface area is 194 Å². The van der Waals surface area contributed by atoms with Gasteiger partial charge in [-0.25, -0.2) is 0 Å². The highest BCUT2D eigenvalue weighted by atomic mass is 19.4. The molecule has 3 N–H and O–H groups in total. The summed E-state index contributed by atoms with van der Waals surface area (Å²) in [5, 5.41) is 29.7. The summed E-state index contributed by atoms with van der Waals surface area (Å²) in [6.07, 6.45) is 11.8. The molecule has 0 saturated heterocycles. The van der Waals surface area contributed by atoms with Crippen LogP contribution >= 0.6 is 0 Å². The van der Waals surface area contributed by atoms with Gasteiger partial charge >= 0.3 is 6.18 Å². The molecule has 0 aromatic heterocycles. The van der Waals surface area contributed by atoms with Gasteiger partial charge in [0.2, 0.25) is 0 Å². The fourth-order valence-electron chi connectivity index (χ4n) is 6.51. The van der Waals surface area contributed by atoms with Crippen LogP contribution in [0, 0.1) is 16.7 Å². The molecule has 5 atom stereocenters. The van der Waals surface area contributed by atoms with Crippen molar-refractivity contribution in [1.29, 1.82) is 0 Å². The topological polar surface area (TPSA) is 60.7 Å². The lowest BCUT2D eigenvalue weighted by Crippen LogP contribution is -2.40. The zero-order chi connectivity index (χ0) is 24.1. The minimum absolute atomic E-state index is 0.0189. The number of fused-ring (bicyclic) bond motifs is 1. The molecule has 0 heterocycles. The molecule has 0 aromatic rings. The van der Waals surface area contributed by atoms with Crippen molar-refractivity contribution < 1.29 is 28.5 Å². The van der Waals surface area contributed by atoms with Gasteiger partial charge in [-0.1, -0.05) is 47.9 Å². The fourth-order valence-corrected chi connectivity index (χ4v) is 6.51. The van der Waals surface area contributed by atoms with Gasteiger partial charge in [-0.3, -0.25) is 0 Å². The van der Waals surface area contributed by atoms with Crippen LogP contribution in [0.3, 0.4) is 0 Å². The molecule has 3 unspecified atom stereocenters. The second kappa shape index (κ2) is 8.69. The molecule has 3 fully saturated rings. The first-order valence-corrected chi connectivity index (χ1v) is 12.3. The molecule has 3 nitrogen and oxygen atoms in total. The molecule has 0 aliphatic heterocycles. The van der Waals surface area contributed by atoms with E-state index < -0.39 is 24.0 Å². The highest BCUT2D eigenvalue weighted by Crippen LogP contribution is 2.67. The molecule has 6 heteroatoms. The molecular weight excluding hydrogens is 429 g/mol. The first-order valence-electron chi connectivity index (χ1n) is 12.3. The van der Waals surface area contributed by atoms with Crippen LogP contribution in [-0.2, 0) is 0 Å². The maximum Gasteiger partial charge on any atom is 0.420 e. The Bertz CT molecular complexity index is 864. The van der Waals surface area contributed by atoms with E-state index in [1.807, 2.05) is 0 Å². The van der Waals surface area contributed by atoms with Crippen LogP contribution in [0.2, 0.25) is 0 Å². The standard InChI is InChI=1S/C27H37F3O3/c1-24-10-3-5-19(7-6-18-15-20(31)17-21(32)16-18)22(24)8-9-23(24)26(13-14-26)12-4-11-25(2,33)27(28,29)30/h4,6-7,9,11,20-22,31-33H,3,5,8,10,12-17H2,1-2H3/b11-4+,18-6-,19-7+/t20?,21-,22?,24+,25?/m1/s1. The Morgan fingerprint density at radius 3 is 2.36 bits per heavy atom. The van der Waals surface area contributed by atoms with Crippen molar-refractivity contribution in [3.63, 3.8) is 0 Å². The van der Waals surface area contributed by atoms with Gasteiger partial charge in [0.1, 0.15) is 0 Å². The predicted molar refractivity (Wildman–Crippen MR) is 122 cm³/mol. The molecule has 0 amide bonds. The molecule has 0 aromatic carbocycles. The zero-order valence-electron chi connectivity index (χ0n) is 19.7. The Kier molecular flexibility index (Phi) is 6.52. The van der Waals surface area contributed by atoms with E-state index in [1.54, 1.807) is 0 Å². The van der Waals surface area contributed by atoms with Crippen LogP contribution in [0.4, 0.5) is 13.2 Å². The third-order valence-corrected chi connectivity index (χ3v) is 8.57. The van der Waals surface area contributed by atoms with Crippen molar-refractivity contribution in [2.24, 2.45) is 16.7 Å². The summed E-state index contributed by atoms with van der Waals surface area (Å²) in [5.41, 5.74) is 1.05. The van der Waals surface area contributed by atoms with Crippen LogP contribution in [0.15, 0.2) is 47.1 Å². The van der Waals surface area contributed by atoms with Crippen LogP contribution in [0.1, 0.15) is 78.1 Å². The Hall–Kier alpha value is -1.37. The average Bonchev–Trinajstić information content (AvgIpc) is 3.37. The van der Waals surface area contributed by atoms with Gasteiger partial charge in [-0.05, 0) is 94.0 Å². The first kappa shape index (κ1) is 24.7. The monoisotopic (exact) mass is 466 g/mol. The van der Waals surface area contributed by atoms with Crippen LogP contribution in [-0.4, -0.2) is 39.3 Å². The van der Waals surface area contributed by atoms with Gasteiger partial charge in [-0.2, -0.15) is 13.2 Å². The number of halogens is 3. The van der Waals surface area contributed by atoms with Gasteiger partial charge in [0.05, 0.1) is 12.2 Å². The van der Waals surface area contributed by atoms with Crippen LogP contribution < -0.4 is 0 Å². The normalized spacial score (nSPS) is 38.4. The van der Waals surface area contributed by atoms with Crippen molar-refractivity contribution in [2.75, 3.05) is 0 Å². The molecule has 33 heavy (non-hydrogen) atoms. The lowest BCUT2D eigenvalue weighted by Gasteiger charge is -2.43. The third kappa shape index (κ3) is 4.89. The maximum atomic E-state index is 13.0. The largest absolute Gasteiger partial charge is 0.420 e. The van der Waals surface area contributed by atoms with E-state index in [9.17, 15) is 28.5 Å². The number of alkyl halides is 3. The molecule has 4 aliphatic rings. The lowest BCUT2D eigenvalue weighted by atomic mass is 9.61. The van der Waals surface area contributed by atoms with Crippen molar-refractivity contribution in [3.05, 3.63) is 47.1 Å². The Balaban J connectivity index is 1.49. The van der Waals surface area contributed by atoms with E-state index in [1.165, 1.54) is 17.2 Å². The maximum absolute atomic E-state index is 13.0. The van der Waals surface area contributed by atoms with Crippen LogP contribution in [0.5, 0.6) is 0 Å². The van der Waals surface area contributed by atoms with E-state index in [2.05, 4.69) is 25.2 Å². The van der Waals surface area contributed by atoms with E-state index in [0.29, 0.717) is 31.6 Å². The second-order valence-electron chi connectivity index (χ2n) is 11.2. The summed E-state index contributed by atoms with van der Waals surface area (Å²) >= 11 is 0. The average molecular weight is 467 g/mol. The van der Waals surface area contributed by atoms with Crippen molar-refractivity contribution in [1.82, 2.24) is 0 Å². The number of rotatable bonds is 5. The quantitative estimate of drug-likeness (QED) is 0.441. The molecule has 184 valence electrons. The molecule has 0 spiro atoms. The van der Waals surface area contributed by atoms with Gasteiger partial charge in [0.25, 0.3) is 0 Å². The van der Waals surface area contributed by atoms with Gasteiger partial charge < -0.3 is 15.3 Å². The number of hydrogen-bond acceptors (Lipinski definition) is 3. The summed E-state index contributed by atoms with van der Waals surface area (Å²) < 4.78 is 39.0. The highest BCUT2D eigenvalue weighted by Gasteiger charge is 2.56. The second-order valence-corrected chi connectivity index (χ2v) is 11.2. The molecule has 3 saturated carbocycles. The number of aliphatic hydroxyl groups excluding tert-OH is 2. The molecular formula is C27H37F3O3. The van der Waals surface area contributed by atoms with Gasteiger partial charge in [0, 0.05) is 0 Å². The van der Waals surface area contributed by atoms with E-state index >= 15 is 0 Å². The number of hydrogen-bond donors (Lipinski definition) is 3. The molecule has 4 rings (SSSR count). The molecule has 0 bridgehead atoms. The number of allylic oxidation sites excluding steroid dienone is 6. The summed E-state index contributed by atoms with van der Waals surface area (Å²) in [6.45, 7) is 3.12. The van der Waals surface area contributed by atoms with Crippen molar-refractivity contribution in [2.45, 2.75) is 102 Å². The minimum Gasteiger partial charge on any atom is -0.393 e. The smallest absolute Gasteiger partial charge is 0.393 e.